The number of halogens is 1. The second-order valence-electron chi connectivity index (χ2n) is 14.6. The Hall–Kier alpha value is -6.70. The molecule has 0 amide bonds. The quantitative estimate of drug-likeness (QED) is 0.0581. The molecule has 2 aliphatic heterocycles. The fourth-order valence-electron chi connectivity index (χ4n) is 7.30. The summed E-state index contributed by atoms with van der Waals surface area (Å²) in [5.74, 6) is -0.411. The summed E-state index contributed by atoms with van der Waals surface area (Å²) in [6.45, 7) is -0.162. The number of fused-ring (bicyclic) bond motifs is 20. The van der Waals surface area contributed by atoms with Gasteiger partial charge in [-0.3, -0.25) is 13.7 Å². The average molecular weight is 1080 g/mol. The third-order valence-electron chi connectivity index (χ3n) is 10.4. The molecule has 0 spiro atoms. The van der Waals surface area contributed by atoms with Crippen LogP contribution in [-0.4, -0.2) is 122 Å². The summed E-state index contributed by atoms with van der Waals surface area (Å²) in [5, 5.41) is 3.33. The van der Waals surface area contributed by atoms with Gasteiger partial charge in [0.05, 0.1) is 26.7 Å². The molecule has 0 unspecified atom stereocenters. The van der Waals surface area contributed by atoms with Crippen molar-refractivity contribution in [1.29, 1.82) is 0 Å². The summed E-state index contributed by atoms with van der Waals surface area (Å²) >= 11 is 5.91. The van der Waals surface area contributed by atoms with Crippen LogP contribution in [0.4, 0.5) is 5.95 Å². The molecule has 0 atom stereocenters. The summed E-state index contributed by atoms with van der Waals surface area (Å²) < 4.78 is 139. The number of anilines is 1. The third-order valence-corrected chi connectivity index (χ3v) is 14.6. The van der Waals surface area contributed by atoms with Crippen molar-refractivity contribution in [2.45, 2.75) is 19.6 Å². The molecule has 7 N–H and O–H groups in total. The second kappa shape index (κ2) is 17.1. The number of rotatable bonds is 10. The number of sulfonamides is 1. The van der Waals surface area contributed by atoms with Crippen LogP contribution in [0, 0.1) is 0 Å². The van der Waals surface area contributed by atoms with Gasteiger partial charge < -0.3 is 20.0 Å². The third kappa shape index (κ3) is 8.94. The SMILES string of the molecule is COc1nc(Cl)nc(NCCNS(=O)(=O)c2ccc3c(c2)-c2nc-3nc3[nH]c(nc4nc(nc5[nH]c(n2)c2ccc(S(=O)(=O)O)cc52)-c2ccc(S(=O)(=O)O)cc2-4)c2ccc(S(=O)(=O)O)cc32)n1.[Cu]. The topological polar surface area (TPSA) is 378 Å². The van der Waals surface area contributed by atoms with Gasteiger partial charge in [0, 0.05) is 74.0 Å². The van der Waals surface area contributed by atoms with Crippen molar-refractivity contribution in [2.75, 3.05) is 25.5 Å². The first kappa shape index (κ1) is 47.4. The van der Waals surface area contributed by atoms with Crippen molar-refractivity contribution in [3.05, 3.63) is 78.1 Å². The molecule has 4 aromatic heterocycles. The predicted octanol–water partition coefficient (Wildman–Crippen LogP) is 3.84. The van der Waals surface area contributed by atoms with Crippen LogP contribution in [-0.2, 0) is 57.4 Å². The molecule has 8 aromatic rings. The smallest absolute Gasteiger partial charge is 0.322 e. The van der Waals surface area contributed by atoms with E-state index in [1.807, 2.05) is 0 Å². The molecule has 357 valence electrons. The monoisotopic (exact) mass is 1080 g/mol. The summed E-state index contributed by atoms with van der Waals surface area (Å²) in [5.41, 5.74) is 0.515. The Morgan fingerprint density at radius 2 is 0.928 bits per heavy atom. The van der Waals surface area contributed by atoms with E-state index in [9.17, 15) is 47.3 Å². The van der Waals surface area contributed by atoms with Crippen molar-refractivity contribution >= 4 is 102 Å². The fourth-order valence-corrected chi connectivity index (χ4v) is 10.0. The van der Waals surface area contributed by atoms with Gasteiger partial charge in [-0.25, -0.2) is 43.0 Å². The second-order valence-corrected chi connectivity index (χ2v) is 21.0. The maximum atomic E-state index is 13.8. The summed E-state index contributed by atoms with van der Waals surface area (Å²) in [6, 6.07) is 14.6. The molecule has 6 heterocycles. The van der Waals surface area contributed by atoms with Gasteiger partial charge in [-0.05, 0) is 84.4 Å². The van der Waals surface area contributed by atoms with Gasteiger partial charge in [-0.15, -0.1) is 0 Å². The molecule has 25 nitrogen and oxygen atoms in total. The number of hydrogen-bond acceptors (Lipinski definition) is 19. The van der Waals surface area contributed by atoms with Gasteiger partial charge in [-0.2, -0.15) is 40.2 Å². The van der Waals surface area contributed by atoms with Crippen LogP contribution in [0.1, 0.15) is 0 Å². The minimum absolute atomic E-state index is 0. The normalized spacial score (nSPS) is 12.7. The Morgan fingerprint density at radius 3 is 1.41 bits per heavy atom. The molecule has 31 heteroatoms. The van der Waals surface area contributed by atoms with Crippen molar-refractivity contribution in [1.82, 2.24) is 59.5 Å². The van der Waals surface area contributed by atoms with E-state index in [0.717, 1.165) is 36.4 Å². The zero-order valence-corrected chi connectivity index (χ0v) is 39.2. The van der Waals surface area contributed by atoms with E-state index in [-0.39, 0.29) is 142 Å². The molecule has 0 saturated heterocycles. The maximum Gasteiger partial charge on any atom is 0.322 e. The van der Waals surface area contributed by atoms with E-state index in [0.29, 0.717) is 0 Å². The van der Waals surface area contributed by atoms with E-state index in [2.05, 4.69) is 54.9 Å². The van der Waals surface area contributed by atoms with Crippen molar-refractivity contribution in [3.8, 4) is 51.6 Å². The molecule has 0 saturated carbocycles. The van der Waals surface area contributed by atoms with Gasteiger partial charge in [-0.1, -0.05) is 0 Å². The number of aromatic amines is 2. The molecule has 2 aliphatic rings. The first-order chi connectivity index (χ1) is 32.1. The molecule has 1 radical (unpaired) electrons. The van der Waals surface area contributed by atoms with Crippen LogP contribution in [0.15, 0.2) is 92.4 Å². The van der Waals surface area contributed by atoms with Gasteiger partial charge in [0.1, 0.15) is 22.6 Å². The van der Waals surface area contributed by atoms with Gasteiger partial charge in [0.2, 0.25) is 21.3 Å². The van der Waals surface area contributed by atoms with Gasteiger partial charge in [0.25, 0.3) is 30.4 Å². The Labute approximate surface area is 403 Å². The number of benzene rings is 4. The van der Waals surface area contributed by atoms with Crippen molar-refractivity contribution < 1.29 is 69.1 Å². The van der Waals surface area contributed by atoms with Crippen LogP contribution in [0.2, 0.25) is 5.28 Å². The van der Waals surface area contributed by atoms with E-state index in [1.54, 1.807) is 0 Å². The zero-order chi connectivity index (χ0) is 48.1. The average Bonchev–Trinajstić information content (AvgIpc) is 4.01. The predicted molar refractivity (Wildman–Crippen MR) is 241 cm³/mol. The largest absolute Gasteiger partial charge is 0.467 e. The van der Waals surface area contributed by atoms with Crippen LogP contribution < -0.4 is 14.8 Å². The standard InChI is InChI=1S/C38H26ClN13O12S4.Cu/c1-64-38-51-36(39)50-37(52-38)40-10-11-41-65(53,54)16-2-6-20-24(12-16)32-42-28(20)44-33-26-14-18(67(58,59)60)4-8-22(26)30(46-33)48-35-27-15-19(68(61,62)63)5-9-23(27)31(49-35)47-34-25-13-17(66(55,56)57)3-7-21(25)29(43-32)45-34;/h2-9,12-15,41H,10-11H2,1H3,(H,55,56,57)(H,58,59,60)(H,61,62,63)(H,40,50,51,52)(H2,42,43,44,45,46,47,48,49);. The molecule has 69 heavy (non-hydrogen) atoms. The van der Waals surface area contributed by atoms with Gasteiger partial charge >= 0.3 is 6.01 Å². The van der Waals surface area contributed by atoms with E-state index in [4.69, 9.17) is 26.3 Å². The Balaban J connectivity index is 0.00000593. The Morgan fingerprint density at radius 1 is 0.507 bits per heavy atom. The van der Waals surface area contributed by atoms with Gasteiger partial charge in [0.15, 0.2) is 23.3 Å². The van der Waals surface area contributed by atoms with Crippen LogP contribution >= 0.6 is 11.6 Å². The molecule has 0 aliphatic carbocycles. The number of nitrogens with zero attached hydrogens (tertiary/aromatic N) is 9. The molecular weight excluding hydrogens is 1060 g/mol. The summed E-state index contributed by atoms with van der Waals surface area (Å²) in [6.07, 6.45) is 0. The minimum atomic E-state index is -4.77. The van der Waals surface area contributed by atoms with E-state index in [1.165, 1.54) is 43.5 Å². The molecule has 10 rings (SSSR count). The summed E-state index contributed by atoms with van der Waals surface area (Å²) in [7, 11) is -17.2. The minimum Gasteiger partial charge on any atom is -0.467 e. The van der Waals surface area contributed by atoms with Crippen LogP contribution in [0.25, 0.3) is 89.7 Å². The van der Waals surface area contributed by atoms with Crippen molar-refractivity contribution in [2.24, 2.45) is 0 Å². The van der Waals surface area contributed by atoms with E-state index < -0.39 is 55.1 Å². The number of methoxy groups -OCH3 is 1. The molecular formula is C38H26ClCuN13O12S4. The number of H-pyrrole nitrogens is 2. The first-order valence-corrected chi connectivity index (χ1v) is 25.3. The number of aromatic nitrogens is 11. The Kier molecular flexibility index (Phi) is 11.7. The zero-order valence-electron chi connectivity index (χ0n) is 34.2. The van der Waals surface area contributed by atoms with E-state index >= 15 is 0 Å². The number of hydrogen-bond donors (Lipinski definition) is 7. The molecule has 8 bridgehead atoms. The Bertz CT molecular complexity index is 4150. The maximum absolute atomic E-state index is 13.8. The summed E-state index contributed by atoms with van der Waals surface area (Å²) in [4.78, 5) is 44.1. The molecule has 4 aromatic carbocycles. The van der Waals surface area contributed by atoms with Crippen molar-refractivity contribution in [3.63, 3.8) is 0 Å². The number of ether oxygens (including phenoxy) is 1. The first-order valence-electron chi connectivity index (χ1n) is 19.1. The number of nitrogens with one attached hydrogen (secondary N) is 4. The fraction of sp³-hybridized carbons (Fsp3) is 0.0789. The molecule has 0 fully saturated rings. The van der Waals surface area contributed by atoms with Crippen LogP contribution in [0.5, 0.6) is 6.01 Å². The van der Waals surface area contributed by atoms with Crippen LogP contribution in [0.3, 0.4) is 0 Å².